The summed E-state index contributed by atoms with van der Waals surface area (Å²) in [5.74, 6) is 0. The third-order valence-electron chi connectivity index (χ3n) is 4.72. The molecule has 0 spiro atoms. The smallest absolute Gasteiger partial charge is 0.0645 e. The van der Waals surface area contributed by atoms with E-state index < -0.39 is 0 Å². The highest BCUT2D eigenvalue weighted by Crippen LogP contribution is 2.31. The summed E-state index contributed by atoms with van der Waals surface area (Å²) >= 11 is 0. The van der Waals surface area contributed by atoms with Crippen molar-refractivity contribution < 1.29 is 4.74 Å². The predicted molar refractivity (Wildman–Crippen MR) is 75.9 cm³/mol. The number of rotatable bonds is 5. The Morgan fingerprint density at radius 1 is 1.33 bits per heavy atom. The van der Waals surface area contributed by atoms with E-state index in [1.54, 1.807) is 0 Å². The van der Waals surface area contributed by atoms with Crippen molar-refractivity contribution in [3.05, 3.63) is 0 Å². The second-order valence-electron chi connectivity index (χ2n) is 6.43. The summed E-state index contributed by atoms with van der Waals surface area (Å²) in [4.78, 5) is 2.69. The maximum absolute atomic E-state index is 5.51. The second-order valence-corrected chi connectivity index (χ2v) is 6.43. The number of likely N-dealkylation sites (tertiary alicyclic amines) is 1. The van der Waals surface area contributed by atoms with Gasteiger partial charge in [-0.15, -0.1) is 0 Å². The summed E-state index contributed by atoms with van der Waals surface area (Å²) in [7, 11) is 1.84. The van der Waals surface area contributed by atoms with Crippen LogP contribution < -0.4 is 5.32 Å². The van der Waals surface area contributed by atoms with E-state index in [4.69, 9.17) is 4.74 Å². The van der Waals surface area contributed by atoms with Gasteiger partial charge in [0.25, 0.3) is 0 Å². The number of ether oxygens (including phenoxy) is 1. The minimum atomic E-state index is 0.245. The molecule has 18 heavy (non-hydrogen) atoms. The van der Waals surface area contributed by atoms with E-state index in [1.807, 2.05) is 7.11 Å². The first-order valence-corrected chi connectivity index (χ1v) is 7.66. The molecule has 0 radical (unpaired) electrons. The van der Waals surface area contributed by atoms with Crippen molar-refractivity contribution in [2.45, 2.75) is 70.0 Å². The highest BCUT2D eigenvalue weighted by Gasteiger charge is 2.38. The van der Waals surface area contributed by atoms with Gasteiger partial charge in [0.15, 0.2) is 0 Å². The molecule has 0 bridgehead atoms. The zero-order valence-electron chi connectivity index (χ0n) is 12.4. The molecule has 2 atom stereocenters. The van der Waals surface area contributed by atoms with Crippen molar-refractivity contribution >= 4 is 0 Å². The average Bonchev–Trinajstić information content (AvgIpc) is 2.78. The lowest BCUT2D eigenvalue weighted by Crippen LogP contribution is -2.55. The van der Waals surface area contributed by atoms with Gasteiger partial charge in [0.05, 0.1) is 6.61 Å². The van der Waals surface area contributed by atoms with E-state index in [0.717, 1.165) is 19.2 Å². The van der Waals surface area contributed by atoms with Crippen molar-refractivity contribution in [1.29, 1.82) is 0 Å². The quantitative estimate of drug-likeness (QED) is 0.815. The van der Waals surface area contributed by atoms with Crippen LogP contribution in [0.5, 0.6) is 0 Å². The molecule has 0 saturated carbocycles. The molecule has 3 heteroatoms. The van der Waals surface area contributed by atoms with Gasteiger partial charge in [-0.1, -0.05) is 6.42 Å². The molecule has 0 aromatic heterocycles. The fourth-order valence-corrected chi connectivity index (χ4v) is 3.87. The fourth-order valence-electron chi connectivity index (χ4n) is 3.87. The molecule has 2 saturated heterocycles. The monoisotopic (exact) mass is 254 g/mol. The summed E-state index contributed by atoms with van der Waals surface area (Å²) in [6.07, 6.45) is 7.95. The summed E-state index contributed by atoms with van der Waals surface area (Å²) in [6.45, 7) is 7.98. The van der Waals surface area contributed by atoms with Gasteiger partial charge in [0.2, 0.25) is 0 Å². The average molecular weight is 254 g/mol. The first kappa shape index (κ1) is 14.3. The lowest BCUT2D eigenvalue weighted by atomic mass is 9.83. The lowest BCUT2D eigenvalue weighted by Gasteiger charge is -2.42. The van der Waals surface area contributed by atoms with Crippen molar-refractivity contribution in [3.8, 4) is 0 Å². The minimum absolute atomic E-state index is 0.245. The number of hydrogen-bond acceptors (Lipinski definition) is 3. The number of methoxy groups -OCH3 is 1. The summed E-state index contributed by atoms with van der Waals surface area (Å²) in [5, 5.41) is 3.77. The number of piperidine rings is 1. The van der Waals surface area contributed by atoms with Crippen LogP contribution in [0.3, 0.4) is 0 Å². The number of hydrogen-bond donors (Lipinski definition) is 1. The molecule has 0 aromatic rings. The van der Waals surface area contributed by atoms with Crippen LogP contribution in [-0.4, -0.2) is 49.3 Å². The third kappa shape index (κ3) is 3.25. The Morgan fingerprint density at radius 2 is 2.17 bits per heavy atom. The highest BCUT2D eigenvalue weighted by atomic mass is 16.5. The van der Waals surface area contributed by atoms with E-state index >= 15 is 0 Å². The predicted octanol–water partition coefficient (Wildman–Crippen LogP) is 2.41. The van der Waals surface area contributed by atoms with Gasteiger partial charge in [-0.2, -0.15) is 0 Å². The molecule has 2 heterocycles. The van der Waals surface area contributed by atoms with Gasteiger partial charge in [-0.25, -0.2) is 0 Å². The van der Waals surface area contributed by atoms with Crippen molar-refractivity contribution in [3.63, 3.8) is 0 Å². The zero-order chi connectivity index (χ0) is 13.0. The van der Waals surface area contributed by atoms with Gasteiger partial charge in [0.1, 0.15) is 0 Å². The van der Waals surface area contributed by atoms with Crippen LogP contribution in [-0.2, 0) is 4.74 Å². The summed E-state index contributed by atoms with van der Waals surface area (Å²) in [5.41, 5.74) is 0.245. The van der Waals surface area contributed by atoms with Gasteiger partial charge < -0.3 is 10.1 Å². The molecule has 0 aromatic carbocycles. The summed E-state index contributed by atoms with van der Waals surface area (Å²) < 4.78 is 5.51. The molecule has 1 N–H and O–H groups in total. The van der Waals surface area contributed by atoms with E-state index in [-0.39, 0.29) is 5.54 Å². The van der Waals surface area contributed by atoms with E-state index in [0.29, 0.717) is 6.04 Å². The Hall–Kier alpha value is -0.120. The minimum Gasteiger partial charge on any atom is -0.383 e. The van der Waals surface area contributed by atoms with Crippen LogP contribution in [0, 0.1) is 0 Å². The molecule has 2 fully saturated rings. The van der Waals surface area contributed by atoms with Crippen LogP contribution in [0.15, 0.2) is 0 Å². The molecule has 3 nitrogen and oxygen atoms in total. The molecule has 0 aliphatic carbocycles. The maximum atomic E-state index is 5.51. The standard InChI is InChI=1S/C15H30N2O/c1-13(2)17-10-6-7-14(17)11-15(12-18-3)8-4-5-9-16-15/h13-14,16H,4-12H2,1-3H3. The topological polar surface area (TPSA) is 24.5 Å². The van der Waals surface area contributed by atoms with Crippen molar-refractivity contribution in [1.82, 2.24) is 10.2 Å². The Balaban J connectivity index is 1.99. The molecular formula is C15H30N2O. The highest BCUT2D eigenvalue weighted by molar-refractivity contribution is 4.97. The third-order valence-corrected chi connectivity index (χ3v) is 4.72. The lowest BCUT2D eigenvalue weighted by molar-refractivity contribution is 0.0582. The Labute approximate surface area is 112 Å². The number of nitrogens with one attached hydrogen (secondary N) is 1. The Bertz CT molecular complexity index is 243. The maximum Gasteiger partial charge on any atom is 0.0645 e. The largest absolute Gasteiger partial charge is 0.383 e. The van der Waals surface area contributed by atoms with Crippen LogP contribution in [0.2, 0.25) is 0 Å². The molecule has 2 rings (SSSR count). The zero-order valence-corrected chi connectivity index (χ0v) is 12.4. The molecule has 2 aliphatic heterocycles. The normalized spacial score (nSPS) is 34.3. The van der Waals surface area contributed by atoms with E-state index in [2.05, 4.69) is 24.1 Å². The molecule has 106 valence electrons. The number of nitrogens with zero attached hydrogens (tertiary/aromatic N) is 1. The first-order valence-electron chi connectivity index (χ1n) is 7.66. The first-order chi connectivity index (χ1) is 8.67. The fraction of sp³-hybridized carbons (Fsp3) is 1.00. The van der Waals surface area contributed by atoms with Crippen molar-refractivity contribution in [2.75, 3.05) is 26.8 Å². The Morgan fingerprint density at radius 3 is 2.78 bits per heavy atom. The Kier molecular flexibility index (Phi) is 5.05. The van der Waals surface area contributed by atoms with Gasteiger partial charge >= 0.3 is 0 Å². The van der Waals surface area contributed by atoms with Crippen LogP contribution >= 0.6 is 0 Å². The molecule has 0 amide bonds. The van der Waals surface area contributed by atoms with Crippen LogP contribution in [0.1, 0.15) is 52.4 Å². The van der Waals surface area contributed by atoms with E-state index in [9.17, 15) is 0 Å². The SMILES string of the molecule is COCC1(CC2CCCN2C(C)C)CCCCN1. The van der Waals surface area contributed by atoms with Crippen LogP contribution in [0.25, 0.3) is 0 Å². The van der Waals surface area contributed by atoms with E-state index in [1.165, 1.54) is 45.1 Å². The second kappa shape index (κ2) is 6.36. The van der Waals surface area contributed by atoms with Crippen molar-refractivity contribution in [2.24, 2.45) is 0 Å². The molecular weight excluding hydrogens is 224 g/mol. The molecule has 2 aliphatic rings. The van der Waals surface area contributed by atoms with Crippen LogP contribution in [0.4, 0.5) is 0 Å². The summed E-state index contributed by atoms with van der Waals surface area (Å²) in [6, 6.07) is 1.44. The van der Waals surface area contributed by atoms with Gasteiger partial charge in [-0.3, -0.25) is 4.90 Å². The molecule has 2 unspecified atom stereocenters. The van der Waals surface area contributed by atoms with Gasteiger partial charge in [0, 0.05) is 24.7 Å². The van der Waals surface area contributed by atoms with Gasteiger partial charge in [-0.05, 0) is 59.0 Å².